The lowest BCUT2D eigenvalue weighted by Gasteiger charge is -2.13. The van der Waals surface area contributed by atoms with Crippen molar-refractivity contribution in [2.45, 2.75) is 200 Å². The molecule has 0 aliphatic heterocycles. The number of carbonyl (C=O) groups is 2. The molecule has 0 unspecified atom stereocenters. The molecular formula is C43H76O7. The number of carbonyl (C=O) groups excluding carboxylic acids is 2. The normalized spacial score (nSPS) is 11.1. The predicted octanol–water partition coefficient (Wildman–Crippen LogP) is 12.0. The van der Waals surface area contributed by atoms with Gasteiger partial charge in [0.15, 0.2) is 0 Å². The van der Waals surface area contributed by atoms with E-state index in [-0.39, 0.29) is 18.5 Å². The predicted molar refractivity (Wildman–Crippen MR) is 206 cm³/mol. The van der Waals surface area contributed by atoms with E-state index in [1.807, 2.05) is 18.2 Å². The van der Waals surface area contributed by atoms with Gasteiger partial charge in [-0.15, -0.1) is 0 Å². The molecule has 0 aliphatic carbocycles. The molecule has 0 heterocycles. The first kappa shape index (κ1) is 45.7. The van der Waals surface area contributed by atoms with E-state index in [4.69, 9.17) is 18.9 Å². The number of hydrogen-bond donors (Lipinski definition) is 1. The van der Waals surface area contributed by atoms with Crippen molar-refractivity contribution in [2.24, 2.45) is 0 Å². The minimum absolute atomic E-state index is 0.0383. The van der Waals surface area contributed by atoms with E-state index in [1.54, 1.807) is 0 Å². The van der Waals surface area contributed by atoms with Crippen LogP contribution in [0.1, 0.15) is 199 Å². The Morgan fingerprint density at radius 2 is 0.860 bits per heavy atom. The fraction of sp³-hybridized carbons (Fsp3) is 0.814. The fourth-order valence-corrected chi connectivity index (χ4v) is 6.07. The second kappa shape index (κ2) is 35.1. The molecule has 0 aromatic heterocycles. The quantitative estimate of drug-likeness (QED) is 0.0544. The van der Waals surface area contributed by atoms with E-state index in [0.717, 1.165) is 120 Å². The van der Waals surface area contributed by atoms with Gasteiger partial charge in [0.2, 0.25) is 0 Å². The number of aliphatic hydroxyl groups excluding tert-OH is 1. The van der Waals surface area contributed by atoms with Crippen LogP contribution in [0, 0.1) is 0 Å². The molecule has 0 fully saturated rings. The summed E-state index contributed by atoms with van der Waals surface area (Å²) in [7, 11) is 0. The smallest absolute Gasteiger partial charge is 0.305 e. The molecule has 0 aliphatic rings. The molecule has 50 heavy (non-hydrogen) atoms. The number of rotatable bonds is 37. The molecule has 0 saturated carbocycles. The molecule has 290 valence electrons. The van der Waals surface area contributed by atoms with Crippen LogP contribution in [0.25, 0.3) is 0 Å². The van der Waals surface area contributed by atoms with Crippen LogP contribution in [0.3, 0.4) is 0 Å². The molecule has 0 radical (unpaired) electrons. The van der Waals surface area contributed by atoms with Crippen molar-refractivity contribution in [1.82, 2.24) is 0 Å². The first-order valence-corrected chi connectivity index (χ1v) is 20.9. The summed E-state index contributed by atoms with van der Waals surface area (Å²) >= 11 is 0. The van der Waals surface area contributed by atoms with E-state index >= 15 is 0 Å². The number of unbranched alkanes of at least 4 members (excludes halogenated alkanes) is 22. The second-order valence-corrected chi connectivity index (χ2v) is 14.1. The summed E-state index contributed by atoms with van der Waals surface area (Å²) in [5.74, 6) is 1.41. The van der Waals surface area contributed by atoms with E-state index < -0.39 is 0 Å². The lowest BCUT2D eigenvalue weighted by Crippen LogP contribution is -2.05. The molecule has 0 bridgehead atoms. The van der Waals surface area contributed by atoms with Crippen molar-refractivity contribution in [3.8, 4) is 11.5 Å². The third-order valence-corrected chi connectivity index (χ3v) is 9.30. The molecule has 0 atom stereocenters. The van der Waals surface area contributed by atoms with Crippen LogP contribution < -0.4 is 9.47 Å². The third kappa shape index (κ3) is 28.4. The van der Waals surface area contributed by atoms with Crippen molar-refractivity contribution in [3.05, 3.63) is 23.8 Å². The molecule has 7 heteroatoms. The van der Waals surface area contributed by atoms with Gasteiger partial charge >= 0.3 is 11.9 Å². The highest BCUT2D eigenvalue weighted by Crippen LogP contribution is 2.25. The highest BCUT2D eigenvalue weighted by molar-refractivity contribution is 5.69. The molecular weight excluding hydrogens is 628 g/mol. The zero-order valence-corrected chi connectivity index (χ0v) is 32.5. The molecule has 1 rings (SSSR count). The van der Waals surface area contributed by atoms with Crippen molar-refractivity contribution in [3.63, 3.8) is 0 Å². The minimum Gasteiger partial charge on any atom is -0.494 e. The molecule has 1 aromatic rings. The Hall–Kier alpha value is -2.28. The molecule has 0 amide bonds. The topological polar surface area (TPSA) is 91.3 Å². The number of benzene rings is 1. The maximum absolute atomic E-state index is 11.9. The van der Waals surface area contributed by atoms with Gasteiger partial charge in [0.1, 0.15) is 11.5 Å². The summed E-state index contributed by atoms with van der Waals surface area (Å²) < 4.78 is 22.7. The van der Waals surface area contributed by atoms with Crippen LogP contribution in [-0.4, -0.2) is 43.5 Å². The van der Waals surface area contributed by atoms with Gasteiger partial charge in [-0.05, 0) is 56.7 Å². The summed E-state index contributed by atoms with van der Waals surface area (Å²) in [5, 5.41) is 9.86. The summed E-state index contributed by atoms with van der Waals surface area (Å²) in [4.78, 5) is 23.7. The van der Waals surface area contributed by atoms with Crippen LogP contribution >= 0.6 is 0 Å². The number of ether oxygens (including phenoxy) is 4. The molecule has 0 spiro atoms. The Labute approximate surface area is 307 Å². The van der Waals surface area contributed by atoms with E-state index in [1.165, 1.54) is 64.2 Å². The zero-order valence-electron chi connectivity index (χ0n) is 32.5. The van der Waals surface area contributed by atoms with E-state index in [9.17, 15) is 14.7 Å². The van der Waals surface area contributed by atoms with Gasteiger partial charge in [0, 0.05) is 18.4 Å². The zero-order chi connectivity index (χ0) is 36.2. The Balaban J connectivity index is 1.96. The van der Waals surface area contributed by atoms with Crippen molar-refractivity contribution in [2.75, 3.05) is 26.4 Å². The van der Waals surface area contributed by atoms with Crippen LogP contribution in [0.4, 0.5) is 0 Å². The second-order valence-electron chi connectivity index (χ2n) is 14.1. The Bertz CT molecular complexity index is 919. The summed E-state index contributed by atoms with van der Waals surface area (Å²) in [6.45, 7) is 6.76. The number of esters is 2. The highest BCUT2D eigenvalue weighted by Gasteiger charge is 2.07. The van der Waals surface area contributed by atoms with Crippen LogP contribution in [-0.2, 0) is 25.7 Å². The van der Waals surface area contributed by atoms with Crippen LogP contribution in [0.15, 0.2) is 18.2 Å². The molecule has 1 N–H and O–H groups in total. The van der Waals surface area contributed by atoms with Crippen LogP contribution in [0.2, 0.25) is 0 Å². The SMILES string of the molecule is CCCCCCCCCC(=O)OCCCCCCCCOc1ccc(OCCCCCCCCOC(=O)CCCCCCCCC)c(CO)c1. The number of hydrogen-bond acceptors (Lipinski definition) is 7. The lowest BCUT2D eigenvalue weighted by atomic mass is 10.1. The fourth-order valence-electron chi connectivity index (χ4n) is 6.07. The average Bonchev–Trinajstić information content (AvgIpc) is 3.12. The van der Waals surface area contributed by atoms with Gasteiger partial charge in [0.05, 0.1) is 33.0 Å². The Morgan fingerprint density at radius 3 is 1.30 bits per heavy atom. The van der Waals surface area contributed by atoms with Gasteiger partial charge in [-0.3, -0.25) is 9.59 Å². The highest BCUT2D eigenvalue weighted by atomic mass is 16.5. The Kier molecular flexibility index (Phi) is 32.1. The first-order chi connectivity index (χ1) is 24.6. The summed E-state index contributed by atoms with van der Waals surface area (Å²) in [6.07, 6.45) is 30.9. The summed E-state index contributed by atoms with van der Waals surface area (Å²) in [5.41, 5.74) is 0.757. The van der Waals surface area contributed by atoms with E-state index in [0.29, 0.717) is 39.3 Å². The van der Waals surface area contributed by atoms with Gasteiger partial charge in [-0.2, -0.15) is 0 Å². The largest absolute Gasteiger partial charge is 0.494 e. The molecule has 1 aromatic carbocycles. The maximum atomic E-state index is 11.9. The molecule has 7 nitrogen and oxygen atoms in total. The minimum atomic E-state index is -0.0788. The Morgan fingerprint density at radius 1 is 0.480 bits per heavy atom. The van der Waals surface area contributed by atoms with E-state index in [2.05, 4.69) is 13.8 Å². The standard InChI is InChI=1S/C43H76O7/c1-3-5-7-9-11-17-23-29-42(45)49-35-27-21-15-13-19-25-33-47-40-31-32-41(39(37-40)38-44)48-34-26-20-14-16-22-28-36-50-43(46)30-24-18-12-10-8-6-4-2/h31-32,37,44H,3-30,33-36,38H2,1-2H3. The number of aliphatic hydroxyl groups is 1. The van der Waals surface area contributed by atoms with Crippen molar-refractivity contribution in [1.29, 1.82) is 0 Å². The van der Waals surface area contributed by atoms with Crippen LogP contribution in [0.5, 0.6) is 11.5 Å². The average molecular weight is 705 g/mol. The lowest BCUT2D eigenvalue weighted by molar-refractivity contribution is -0.144. The first-order valence-electron chi connectivity index (χ1n) is 20.9. The van der Waals surface area contributed by atoms with Gasteiger partial charge in [-0.1, -0.05) is 142 Å². The van der Waals surface area contributed by atoms with Crippen molar-refractivity contribution < 1.29 is 33.6 Å². The maximum Gasteiger partial charge on any atom is 0.305 e. The molecule has 0 saturated heterocycles. The van der Waals surface area contributed by atoms with Gasteiger partial charge < -0.3 is 24.1 Å². The third-order valence-electron chi connectivity index (χ3n) is 9.30. The van der Waals surface area contributed by atoms with Crippen molar-refractivity contribution >= 4 is 11.9 Å². The van der Waals surface area contributed by atoms with Gasteiger partial charge in [-0.25, -0.2) is 0 Å². The monoisotopic (exact) mass is 705 g/mol. The van der Waals surface area contributed by atoms with Gasteiger partial charge in [0.25, 0.3) is 0 Å². The summed E-state index contributed by atoms with van der Waals surface area (Å²) in [6, 6.07) is 5.70.